The van der Waals surface area contributed by atoms with Gasteiger partial charge >= 0.3 is 5.97 Å². The molecule has 0 radical (unpaired) electrons. The van der Waals surface area contributed by atoms with Gasteiger partial charge in [-0.25, -0.2) is 17.9 Å². The summed E-state index contributed by atoms with van der Waals surface area (Å²) in [5.41, 5.74) is 2.28. The van der Waals surface area contributed by atoms with Crippen LogP contribution in [0.1, 0.15) is 15.9 Å². The molecule has 0 atom stereocenters. The van der Waals surface area contributed by atoms with E-state index >= 15 is 0 Å². The van der Waals surface area contributed by atoms with Crippen LogP contribution < -0.4 is 0 Å². The molecular weight excluding hydrogens is 473 g/mol. The quantitative estimate of drug-likeness (QED) is 0.420. The molecule has 4 aromatic rings. The monoisotopic (exact) mass is 487 g/mol. The van der Waals surface area contributed by atoms with Crippen LogP contribution in [0.15, 0.2) is 76.7 Å². The highest BCUT2D eigenvalue weighted by atomic mass is 35.5. The Morgan fingerprint density at radius 3 is 2.25 bits per heavy atom. The van der Waals surface area contributed by atoms with Crippen molar-refractivity contribution in [1.29, 1.82) is 0 Å². The van der Waals surface area contributed by atoms with Crippen LogP contribution in [0.5, 0.6) is 0 Å². The first-order valence-corrected chi connectivity index (χ1v) is 11.5. The number of aryl methyl sites for hydroxylation is 1. The third-order valence-electron chi connectivity index (χ3n) is 4.76. The van der Waals surface area contributed by atoms with E-state index < -0.39 is 15.8 Å². The summed E-state index contributed by atoms with van der Waals surface area (Å²) < 4.78 is 28.4. The zero-order valence-electron chi connectivity index (χ0n) is 16.5. The fraction of sp³-hybridized carbons (Fsp3) is 0.0455. The Hall–Kier alpha value is -3.20. The molecule has 4 rings (SSSR count). The van der Waals surface area contributed by atoms with Crippen molar-refractivity contribution in [3.63, 3.8) is 0 Å². The lowest BCUT2D eigenvalue weighted by atomic mass is 10.1. The van der Waals surface area contributed by atoms with E-state index in [1.54, 1.807) is 12.1 Å². The van der Waals surface area contributed by atoms with Crippen LogP contribution in [0.2, 0.25) is 10.0 Å². The minimum atomic E-state index is -4.19. The average Bonchev–Trinajstić information content (AvgIpc) is 3.22. The van der Waals surface area contributed by atoms with Crippen molar-refractivity contribution in [1.82, 2.24) is 15.0 Å². The van der Waals surface area contributed by atoms with Gasteiger partial charge in [-0.3, -0.25) is 0 Å². The lowest BCUT2D eigenvalue weighted by Gasteiger charge is -2.10. The molecule has 0 aliphatic carbocycles. The van der Waals surface area contributed by atoms with Gasteiger partial charge in [0.1, 0.15) is 5.69 Å². The number of halogens is 2. The highest BCUT2D eigenvalue weighted by Crippen LogP contribution is 2.35. The largest absolute Gasteiger partial charge is 0.478 e. The van der Waals surface area contributed by atoms with Crippen LogP contribution in [0.25, 0.3) is 16.9 Å². The molecule has 1 N–H and O–H groups in total. The Morgan fingerprint density at radius 2 is 1.62 bits per heavy atom. The zero-order chi connectivity index (χ0) is 23.0. The molecule has 0 bridgehead atoms. The van der Waals surface area contributed by atoms with Crippen molar-refractivity contribution in [2.75, 3.05) is 0 Å². The first-order valence-electron chi connectivity index (χ1n) is 9.25. The molecule has 1 aromatic heterocycles. The van der Waals surface area contributed by atoms with Gasteiger partial charge in [-0.05, 0) is 49.4 Å². The smallest absolute Gasteiger partial charge is 0.335 e. The second-order valence-electron chi connectivity index (χ2n) is 6.95. The standard InChI is InChI=1S/C22H15Cl2N3O4S/c1-13-2-4-14(5-3-13)20-21(32(30,31)19-12-16(23)8-11-18(19)24)25-26-27(20)17-9-6-15(7-10-17)22(28)29/h2-12H,1H3,(H,28,29). The fourth-order valence-corrected chi connectivity index (χ4v) is 5.20. The number of aromatic nitrogens is 3. The summed E-state index contributed by atoms with van der Waals surface area (Å²) in [6.45, 7) is 1.91. The fourth-order valence-electron chi connectivity index (χ4n) is 3.12. The number of carboxylic acids is 1. The summed E-state index contributed by atoms with van der Waals surface area (Å²) in [5.74, 6) is -1.08. The Kier molecular flexibility index (Phi) is 5.77. The molecule has 0 saturated heterocycles. The number of sulfone groups is 1. The molecule has 0 saturated carbocycles. The van der Waals surface area contributed by atoms with Gasteiger partial charge in [-0.1, -0.05) is 58.2 Å². The summed E-state index contributed by atoms with van der Waals surface area (Å²) in [6, 6.07) is 17.2. The number of aromatic carboxylic acids is 1. The molecular formula is C22H15Cl2N3O4S. The van der Waals surface area contributed by atoms with E-state index in [4.69, 9.17) is 28.3 Å². The topological polar surface area (TPSA) is 102 Å². The van der Waals surface area contributed by atoms with Crippen molar-refractivity contribution in [2.24, 2.45) is 0 Å². The van der Waals surface area contributed by atoms with Gasteiger partial charge in [0.05, 0.1) is 21.2 Å². The minimum absolute atomic E-state index is 0.00428. The maximum absolute atomic E-state index is 13.5. The number of rotatable bonds is 5. The number of hydrogen-bond acceptors (Lipinski definition) is 5. The van der Waals surface area contributed by atoms with Gasteiger partial charge in [0, 0.05) is 10.6 Å². The summed E-state index contributed by atoms with van der Waals surface area (Å²) in [4.78, 5) is 11.0. The predicted octanol–water partition coefficient (Wildman–Crippen LogP) is 5.08. The molecule has 0 aliphatic rings. The Morgan fingerprint density at radius 1 is 0.969 bits per heavy atom. The lowest BCUT2D eigenvalue weighted by Crippen LogP contribution is -2.07. The molecule has 0 spiro atoms. The molecule has 0 amide bonds. The number of benzene rings is 3. The highest BCUT2D eigenvalue weighted by molar-refractivity contribution is 7.91. The summed E-state index contributed by atoms with van der Waals surface area (Å²) in [5, 5.41) is 17.1. The maximum atomic E-state index is 13.5. The van der Waals surface area contributed by atoms with E-state index in [2.05, 4.69) is 10.3 Å². The van der Waals surface area contributed by atoms with Crippen molar-refractivity contribution >= 4 is 39.0 Å². The van der Waals surface area contributed by atoms with Crippen LogP contribution in [0.3, 0.4) is 0 Å². The molecule has 10 heteroatoms. The predicted molar refractivity (Wildman–Crippen MR) is 120 cm³/mol. The van der Waals surface area contributed by atoms with Crippen LogP contribution in [0, 0.1) is 6.92 Å². The molecule has 0 unspecified atom stereocenters. The van der Waals surface area contributed by atoms with Gasteiger partial charge in [-0.2, -0.15) is 0 Å². The van der Waals surface area contributed by atoms with E-state index in [0.717, 1.165) is 5.56 Å². The lowest BCUT2D eigenvalue weighted by molar-refractivity contribution is 0.0697. The van der Waals surface area contributed by atoms with Gasteiger partial charge < -0.3 is 5.11 Å². The van der Waals surface area contributed by atoms with Gasteiger partial charge in [0.15, 0.2) is 0 Å². The molecule has 7 nitrogen and oxygen atoms in total. The van der Waals surface area contributed by atoms with E-state index in [0.29, 0.717) is 11.3 Å². The van der Waals surface area contributed by atoms with Crippen molar-refractivity contribution in [3.05, 3.63) is 87.9 Å². The third kappa shape index (κ3) is 4.00. The molecule has 0 fully saturated rings. The Balaban J connectivity index is 1.97. The normalized spacial score (nSPS) is 11.5. The molecule has 3 aromatic carbocycles. The molecule has 162 valence electrons. The summed E-state index contributed by atoms with van der Waals surface area (Å²) in [7, 11) is -4.19. The van der Waals surface area contributed by atoms with Gasteiger partial charge in [-0.15, -0.1) is 5.10 Å². The molecule has 0 aliphatic heterocycles. The van der Waals surface area contributed by atoms with Crippen molar-refractivity contribution < 1.29 is 18.3 Å². The van der Waals surface area contributed by atoms with Crippen LogP contribution in [0.4, 0.5) is 0 Å². The average molecular weight is 488 g/mol. The van der Waals surface area contributed by atoms with Crippen LogP contribution in [-0.2, 0) is 9.84 Å². The van der Waals surface area contributed by atoms with Crippen LogP contribution >= 0.6 is 23.2 Å². The van der Waals surface area contributed by atoms with Crippen molar-refractivity contribution in [3.8, 4) is 16.9 Å². The highest BCUT2D eigenvalue weighted by Gasteiger charge is 2.31. The number of carbonyl (C=O) groups is 1. The SMILES string of the molecule is Cc1ccc(-c2c(S(=O)(=O)c3cc(Cl)ccc3Cl)nnn2-c2ccc(C(=O)O)cc2)cc1. The summed E-state index contributed by atoms with van der Waals surface area (Å²) >= 11 is 12.2. The first kappa shape index (κ1) is 22.0. The Labute approximate surface area is 193 Å². The molecule has 32 heavy (non-hydrogen) atoms. The van der Waals surface area contributed by atoms with E-state index in [1.807, 2.05) is 19.1 Å². The maximum Gasteiger partial charge on any atom is 0.335 e. The van der Waals surface area contributed by atoms with Crippen LogP contribution in [-0.4, -0.2) is 34.5 Å². The second kappa shape index (κ2) is 8.38. The summed E-state index contributed by atoms with van der Waals surface area (Å²) in [6.07, 6.45) is 0. The number of carboxylic acid groups (broad SMARTS) is 1. The van der Waals surface area contributed by atoms with Gasteiger partial charge in [0.25, 0.3) is 0 Å². The molecule has 1 heterocycles. The first-order chi connectivity index (χ1) is 15.2. The zero-order valence-corrected chi connectivity index (χ0v) is 18.9. The second-order valence-corrected chi connectivity index (χ2v) is 9.63. The number of hydrogen-bond donors (Lipinski definition) is 1. The minimum Gasteiger partial charge on any atom is -0.478 e. The van der Waals surface area contributed by atoms with Crippen molar-refractivity contribution in [2.45, 2.75) is 16.8 Å². The van der Waals surface area contributed by atoms with E-state index in [9.17, 15) is 13.2 Å². The Bertz CT molecular complexity index is 1430. The third-order valence-corrected chi connectivity index (χ3v) is 7.14. The van der Waals surface area contributed by atoms with E-state index in [1.165, 1.54) is 47.1 Å². The number of nitrogens with zero attached hydrogens (tertiary/aromatic N) is 3. The van der Waals surface area contributed by atoms with E-state index in [-0.39, 0.29) is 31.2 Å². The van der Waals surface area contributed by atoms with Gasteiger partial charge in [0.2, 0.25) is 14.9 Å².